The van der Waals surface area contributed by atoms with Crippen LogP contribution in [0, 0.1) is 5.82 Å². The number of halogens is 1. The van der Waals surface area contributed by atoms with Gasteiger partial charge >= 0.3 is 0 Å². The third-order valence-corrected chi connectivity index (χ3v) is 1.75. The Labute approximate surface area is 81.9 Å². The van der Waals surface area contributed by atoms with Gasteiger partial charge in [0, 0.05) is 18.7 Å². The Hall–Kier alpha value is -1.16. The summed E-state index contributed by atoms with van der Waals surface area (Å²) >= 11 is 4.71. The van der Waals surface area contributed by atoms with Crippen molar-refractivity contribution in [3.05, 3.63) is 30.1 Å². The van der Waals surface area contributed by atoms with Crippen molar-refractivity contribution >= 4 is 22.9 Å². The van der Waals surface area contributed by atoms with Gasteiger partial charge in [0.05, 0.1) is 4.99 Å². The molecule has 0 unspecified atom stereocenters. The van der Waals surface area contributed by atoms with Crippen LogP contribution in [-0.2, 0) is 0 Å². The molecule has 0 bridgehead atoms. The van der Waals surface area contributed by atoms with Crippen LogP contribution in [0.15, 0.2) is 24.3 Å². The highest BCUT2D eigenvalue weighted by Crippen LogP contribution is 2.07. The number of hydrogen-bond acceptors (Lipinski definition) is 2. The maximum absolute atomic E-state index is 12.5. The molecule has 0 saturated heterocycles. The lowest BCUT2D eigenvalue weighted by molar-refractivity contribution is 0.628. The fraction of sp³-hybridized carbons (Fsp3) is 0.222. The first kappa shape index (κ1) is 9.92. The zero-order chi connectivity index (χ0) is 9.68. The Morgan fingerprint density at radius 3 is 2.54 bits per heavy atom. The van der Waals surface area contributed by atoms with Crippen molar-refractivity contribution in [2.24, 2.45) is 5.73 Å². The molecule has 0 spiro atoms. The normalized spacial score (nSPS) is 9.62. The van der Waals surface area contributed by atoms with Gasteiger partial charge in [-0.05, 0) is 24.3 Å². The number of thiocarbonyl (C=S) groups is 1. The zero-order valence-electron chi connectivity index (χ0n) is 7.09. The smallest absolute Gasteiger partial charge is 0.123 e. The van der Waals surface area contributed by atoms with Gasteiger partial charge in [0.15, 0.2) is 0 Å². The Bertz CT molecular complexity index is 284. The van der Waals surface area contributed by atoms with Gasteiger partial charge in [0.25, 0.3) is 0 Å². The minimum atomic E-state index is -0.236. The van der Waals surface area contributed by atoms with E-state index in [1.165, 1.54) is 12.1 Å². The molecule has 0 fully saturated rings. The molecule has 0 aliphatic carbocycles. The number of rotatable bonds is 4. The van der Waals surface area contributed by atoms with Crippen LogP contribution in [-0.4, -0.2) is 11.5 Å². The van der Waals surface area contributed by atoms with E-state index in [9.17, 15) is 4.39 Å². The van der Waals surface area contributed by atoms with Gasteiger partial charge in [-0.25, -0.2) is 4.39 Å². The van der Waals surface area contributed by atoms with Crippen molar-refractivity contribution < 1.29 is 4.39 Å². The molecule has 4 heteroatoms. The number of nitrogens with two attached hydrogens (primary N) is 1. The molecule has 13 heavy (non-hydrogen) atoms. The van der Waals surface area contributed by atoms with Crippen LogP contribution in [0.25, 0.3) is 0 Å². The standard InChI is InChI=1S/C9H11FN2S/c10-7-1-3-8(4-2-7)12-6-5-9(11)13/h1-4,12H,5-6H2,(H2,11,13). The van der Waals surface area contributed by atoms with E-state index in [2.05, 4.69) is 5.32 Å². The fourth-order valence-corrected chi connectivity index (χ4v) is 1.000. The monoisotopic (exact) mass is 198 g/mol. The Morgan fingerprint density at radius 1 is 1.38 bits per heavy atom. The number of benzene rings is 1. The summed E-state index contributed by atoms with van der Waals surface area (Å²) in [6, 6.07) is 6.16. The molecule has 1 aromatic carbocycles. The van der Waals surface area contributed by atoms with Gasteiger partial charge in [0.2, 0.25) is 0 Å². The first-order valence-electron chi connectivity index (χ1n) is 3.96. The molecule has 0 heterocycles. The highest BCUT2D eigenvalue weighted by atomic mass is 32.1. The average Bonchev–Trinajstić information content (AvgIpc) is 2.08. The van der Waals surface area contributed by atoms with Gasteiger partial charge in [-0.15, -0.1) is 0 Å². The Morgan fingerprint density at radius 2 is 2.00 bits per heavy atom. The summed E-state index contributed by atoms with van der Waals surface area (Å²) in [4.78, 5) is 0.481. The third-order valence-electron chi connectivity index (χ3n) is 1.54. The van der Waals surface area contributed by atoms with E-state index in [1.54, 1.807) is 12.1 Å². The van der Waals surface area contributed by atoms with Crippen LogP contribution in [0.2, 0.25) is 0 Å². The second-order valence-electron chi connectivity index (χ2n) is 2.65. The minimum Gasteiger partial charge on any atom is -0.393 e. The average molecular weight is 198 g/mol. The van der Waals surface area contributed by atoms with Crippen molar-refractivity contribution in [1.82, 2.24) is 0 Å². The minimum absolute atomic E-state index is 0.236. The van der Waals surface area contributed by atoms with Crippen LogP contribution in [0.5, 0.6) is 0 Å². The van der Waals surface area contributed by atoms with Crippen molar-refractivity contribution in [3.63, 3.8) is 0 Å². The summed E-state index contributed by atoms with van der Waals surface area (Å²) in [5.41, 5.74) is 6.18. The first-order chi connectivity index (χ1) is 6.18. The number of anilines is 1. The van der Waals surface area contributed by atoms with E-state index in [-0.39, 0.29) is 5.82 Å². The number of hydrogen-bond donors (Lipinski definition) is 2. The van der Waals surface area contributed by atoms with Gasteiger partial charge < -0.3 is 11.1 Å². The summed E-state index contributed by atoms with van der Waals surface area (Å²) in [6.07, 6.45) is 0.646. The summed E-state index contributed by atoms with van der Waals surface area (Å²) in [5, 5.41) is 3.07. The predicted molar refractivity (Wildman–Crippen MR) is 56.3 cm³/mol. The van der Waals surface area contributed by atoms with Gasteiger partial charge in [-0.2, -0.15) is 0 Å². The lowest BCUT2D eigenvalue weighted by Crippen LogP contribution is -2.13. The summed E-state index contributed by atoms with van der Waals surface area (Å²) < 4.78 is 12.5. The van der Waals surface area contributed by atoms with E-state index in [4.69, 9.17) is 18.0 Å². The van der Waals surface area contributed by atoms with E-state index in [1.807, 2.05) is 0 Å². The molecular formula is C9H11FN2S. The lowest BCUT2D eigenvalue weighted by atomic mass is 10.3. The molecular weight excluding hydrogens is 187 g/mol. The largest absolute Gasteiger partial charge is 0.393 e. The van der Waals surface area contributed by atoms with E-state index >= 15 is 0 Å². The quantitative estimate of drug-likeness (QED) is 0.726. The van der Waals surface area contributed by atoms with Crippen LogP contribution >= 0.6 is 12.2 Å². The van der Waals surface area contributed by atoms with E-state index in [0.717, 1.165) is 5.69 Å². The zero-order valence-corrected chi connectivity index (χ0v) is 7.90. The van der Waals surface area contributed by atoms with Crippen molar-refractivity contribution in [2.45, 2.75) is 6.42 Å². The Kier molecular flexibility index (Phi) is 3.64. The molecule has 3 N–H and O–H groups in total. The van der Waals surface area contributed by atoms with Crippen LogP contribution in [0.1, 0.15) is 6.42 Å². The third kappa shape index (κ3) is 3.85. The molecule has 0 atom stereocenters. The molecule has 1 rings (SSSR count). The fourth-order valence-electron chi connectivity index (χ4n) is 0.898. The summed E-state index contributed by atoms with van der Waals surface area (Å²) in [7, 11) is 0. The maximum Gasteiger partial charge on any atom is 0.123 e. The second kappa shape index (κ2) is 4.77. The summed E-state index contributed by atoms with van der Waals surface area (Å²) in [6.45, 7) is 0.682. The molecule has 1 aromatic rings. The molecule has 0 aliphatic heterocycles. The first-order valence-corrected chi connectivity index (χ1v) is 4.37. The molecule has 0 aliphatic rings. The van der Waals surface area contributed by atoms with Gasteiger partial charge in [0.1, 0.15) is 5.82 Å². The van der Waals surface area contributed by atoms with Crippen molar-refractivity contribution in [2.75, 3.05) is 11.9 Å². The molecule has 0 amide bonds. The Balaban J connectivity index is 2.37. The topological polar surface area (TPSA) is 38.0 Å². The molecule has 0 saturated carbocycles. The van der Waals surface area contributed by atoms with E-state index < -0.39 is 0 Å². The molecule has 0 aromatic heterocycles. The van der Waals surface area contributed by atoms with Crippen molar-refractivity contribution in [3.8, 4) is 0 Å². The predicted octanol–water partition coefficient (Wildman–Crippen LogP) is 1.91. The number of nitrogens with one attached hydrogen (secondary N) is 1. The molecule has 0 radical (unpaired) electrons. The van der Waals surface area contributed by atoms with E-state index in [0.29, 0.717) is 18.0 Å². The SMILES string of the molecule is NC(=S)CCNc1ccc(F)cc1. The highest BCUT2D eigenvalue weighted by molar-refractivity contribution is 7.80. The van der Waals surface area contributed by atoms with Gasteiger partial charge in [-0.3, -0.25) is 0 Å². The lowest BCUT2D eigenvalue weighted by Gasteiger charge is -2.04. The van der Waals surface area contributed by atoms with Crippen LogP contribution in [0.3, 0.4) is 0 Å². The maximum atomic E-state index is 12.5. The highest BCUT2D eigenvalue weighted by Gasteiger charge is 1.93. The molecule has 70 valence electrons. The van der Waals surface area contributed by atoms with Crippen LogP contribution in [0.4, 0.5) is 10.1 Å². The molecule has 2 nitrogen and oxygen atoms in total. The summed E-state index contributed by atoms with van der Waals surface area (Å²) in [5.74, 6) is -0.236. The van der Waals surface area contributed by atoms with Crippen molar-refractivity contribution in [1.29, 1.82) is 0 Å². The van der Waals surface area contributed by atoms with Crippen LogP contribution < -0.4 is 11.1 Å². The second-order valence-corrected chi connectivity index (χ2v) is 3.17. The van der Waals surface area contributed by atoms with Gasteiger partial charge in [-0.1, -0.05) is 12.2 Å².